The molecule has 0 fully saturated rings. The van der Waals surface area contributed by atoms with E-state index in [-0.39, 0.29) is 30.9 Å². The second kappa shape index (κ2) is 8.91. The number of nitrogens with zero attached hydrogens (tertiary/aromatic N) is 1. The van der Waals surface area contributed by atoms with Gasteiger partial charge in [-0.15, -0.1) is 0 Å². The Labute approximate surface area is 178 Å². The van der Waals surface area contributed by atoms with E-state index < -0.39 is 11.7 Å². The molecular weight excluding hydrogens is 403 g/mol. The molecule has 4 rings (SSSR count). The first-order chi connectivity index (χ1) is 15.0. The molecule has 0 saturated heterocycles. The molecular formula is C23H21FN2O5. The second-order valence-electron chi connectivity index (χ2n) is 7.08. The van der Waals surface area contributed by atoms with E-state index in [1.807, 2.05) is 13.8 Å². The molecule has 3 aromatic rings. The van der Waals surface area contributed by atoms with Gasteiger partial charge in [0.25, 0.3) is 5.91 Å². The lowest BCUT2D eigenvalue weighted by atomic mass is 10.2. The summed E-state index contributed by atoms with van der Waals surface area (Å²) in [5, 5.41) is 2.70. The first-order valence-electron chi connectivity index (χ1n) is 9.75. The van der Waals surface area contributed by atoms with Gasteiger partial charge in [0.1, 0.15) is 22.9 Å². The van der Waals surface area contributed by atoms with E-state index in [1.54, 1.807) is 42.5 Å². The van der Waals surface area contributed by atoms with Crippen molar-refractivity contribution >= 4 is 5.91 Å². The summed E-state index contributed by atoms with van der Waals surface area (Å²) in [4.78, 5) is 16.9. The summed E-state index contributed by atoms with van der Waals surface area (Å²) in [6.07, 6.45) is 1.46. The van der Waals surface area contributed by atoms with Crippen LogP contribution in [-0.2, 0) is 6.54 Å². The summed E-state index contributed by atoms with van der Waals surface area (Å²) in [7, 11) is 0. The molecule has 0 bridgehead atoms. The molecule has 8 heteroatoms. The van der Waals surface area contributed by atoms with E-state index in [9.17, 15) is 9.18 Å². The van der Waals surface area contributed by atoms with Crippen LogP contribution < -0.4 is 24.3 Å². The van der Waals surface area contributed by atoms with Gasteiger partial charge in [-0.1, -0.05) is 6.07 Å². The van der Waals surface area contributed by atoms with Gasteiger partial charge in [-0.2, -0.15) is 0 Å². The van der Waals surface area contributed by atoms with Crippen LogP contribution in [0.4, 0.5) is 4.39 Å². The normalized spacial score (nSPS) is 12.0. The van der Waals surface area contributed by atoms with Crippen LogP contribution in [0.3, 0.4) is 0 Å². The Hall–Kier alpha value is -3.81. The van der Waals surface area contributed by atoms with Crippen LogP contribution in [0.15, 0.2) is 54.7 Å². The van der Waals surface area contributed by atoms with Crippen molar-refractivity contribution in [2.75, 3.05) is 6.79 Å². The smallest absolute Gasteiger partial charge is 0.257 e. The minimum absolute atomic E-state index is 0.00494. The maximum atomic E-state index is 14.3. The Balaban J connectivity index is 1.45. The molecule has 31 heavy (non-hydrogen) atoms. The van der Waals surface area contributed by atoms with Crippen LogP contribution in [-0.4, -0.2) is 23.8 Å². The van der Waals surface area contributed by atoms with Gasteiger partial charge < -0.3 is 24.3 Å². The lowest BCUT2D eigenvalue weighted by molar-refractivity contribution is 0.0947. The number of halogens is 1. The van der Waals surface area contributed by atoms with Crippen molar-refractivity contribution in [1.29, 1.82) is 0 Å². The summed E-state index contributed by atoms with van der Waals surface area (Å²) < 4.78 is 36.2. The highest BCUT2D eigenvalue weighted by atomic mass is 19.1. The lowest BCUT2D eigenvalue weighted by Crippen LogP contribution is -2.24. The molecule has 160 valence electrons. The van der Waals surface area contributed by atoms with Crippen molar-refractivity contribution < 1.29 is 28.1 Å². The molecule has 0 spiro atoms. The standard InChI is InChI=1S/C23H21FN2O5/c1-14(2)30-16-6-5-15(19(24)10-16)12-26-22(27)18-4-3-9-25-23(18)31-17-7-8-20-21(11-17)29-13-28-20/h3-11,14H,12-13H2,1-2H3,(H,26,27). The van der Waals surface area contributed by atoms with E-state index in [1.165, 1.54) is 12.3 Å². The molecule has 7 nitrogen and oxygen atoms in total. The van der Waals surface area contributed by atoms with E-state index in [2.05, 4.69) is 10.3 Å². The van der Waals surface area contributed by atoms with Crippen LogP contribution in [0.2, 0.25) is 0 Å². The molecule has 1 aliphatic heterocycles. The monoisotopic (exact) mass is 424 g/mol. The molecule has 1 N–H and O–H groups in total. The summed E-state index contributed by atoms with van der Waals surface area (Å²) in [5.41, 5.74) is 0.562. The van der Waals surface area contributed by atoms with Crippen LogP contribution >= 0.6 is 0 Å². The first-order valence-corrected chi connectivity index (χ1v) is 9.75. The van der Waals surface area contributed by atoms with Gasteiger partial charge in [-0.25, -0.2) is 9.37 Å². The lowest BCUT2D eigenvalue weighted by Gasteiger charge is -2.12. The predicted molar refractivity (Wildman–Crippen MR) is 110 cm³/mol. The van der Waals surface area contributed by atoms with Crippen LogP contribution in [0.5, 0.6) is 28.9 Å². The van der Waals surface area contributed by atoms with Crippen molar-refractivity contribution in [3.8, 4) is 28.9 Å². The third kappa shape index (κ3) is 4.85. The number of pyridine rings is 1. The number of aromatic nitrogens is 1. The van der Waals surface area contributed by atoms with Gasteiger partial charge in [-0.05, 0) is 44.2 Å². The third-order valence-corrected chi connectivity index (χ3v) is 4.41. The number of amides is 1. The number of rotatable bonds is 7. The zero-order valence-electron chi connectivity index (χ0n) is 17.1. The van der Waals surface area contributed by atoms with E-state index >= 15 is 0 Å². The van der Waals surface area contributed by atoms with Gasteiger partial charge in [0.05, 0.1) is 6.10 Å². The fourth-order valence-corrected chi connectivity index (χ4v) is 2.98. The molecule has 1 aliphatic rings. The predicted octanol–water partition coefficient (Wildman–Crippen LogP) is 4.46. The highest BCUT2D eigenvalue weighted by Gasteiger charge is 2.18. The highest BCUT2D eigenvalue weighted by molar-refractivity contribution is 5.96. The van der Waals surface area contributed by atoms with Gasteiger partial charge in [0, 0.05) is 30.4 Å². The number of ether oxygens (including phenoxy) is 4. The minimum Gasteiger partial charge on any atom is -0.491 e. The number of carbonyl (C=O) groups excluding carboxylic acids is 1. The van der Waals surface area contributed by atoms with Crippen molar-refractivity contribution in [3.63, 3.8) is 0 Å². The Morgan fingerprint density at radius 1 is 1.13 bits per heavy atom. The molecule has 2 heterocycles. The quantitative estimate of drug-likeness (QED) is 0.603. The number of fused-ring (bicyclic) bond motifs is 1. The van der Waals surface area contributed by atoms with Crippen LogP contribution in [0, 0.1) is 5.82 Å². The molecule has 0 aliphatic carbocycles. The van der Waals surface area contributed by atoms with Crippen LogP contribution in [0.1, 0.15) is 29.8 Å². The zero-order valence-corrected chi connectivity index (χ0v) is 17.1. The summed E-state index contributed by atoms with van der Waals surface area (Å²) in [6, 6.07) is 12.8. The third-order valence-electron chi connectivity index (χ3n) is 4.41. The molecule has 1 aromatic heterocycles. The maximum Gasteiger partial charge on any atom is 0.257 e. The van der Waals surface area contributed by atoms with Gasteiger partial charge in [-0.3, -0.25) is 4.79 Å². The number of benzene rings is 2. The van der Waals surface area contributed by atoms with E-state index in [4.69, 9.17) is 18.9 Å². The molecule has 1 amide bonds. The zero-order chi connectivity index (χ0) is 21.8. The van der Waals surface area contributed by atoms with Gasteiger partial charge >= 0.3 is 0 Å². The first kappa shape index (κ1) is 20.5. The van der Waals surface area contributed by atoms with E-state index in [0.717, 1.165) is 0 Å². The number of carbonyl (C=O) groups is 1. The molecule has 0 atom stereocenters. The van der Waals surface area contributed by atoms with Crippen molar-refractivity contribution in [3.05, 3.63) is 71.7 Å². The summed E-state index contributed by atoms with van der Waals surface area (Å²) in [6.45, 7) is 3.88. The Bertz CT molecular complexity index is 1100. The molecule has 0 saturated carbocycles. The van der Waals surface area contributed by atoms with Crippen molar-refractivity contribution in [2.45, 2.75) is 26.5 Å². The van der Waals surface area contributed by atoms with Crippen molar-refractivity contribution in [1.82, 2.24) is 10.3 Å². The molecule has 2 aromatic carbocycles. The Kier molecular flexibility index (Phi) is 5.88. The minimum atomic E-state index is -0.457. The SMILES string of the molecule is CC(C)Oc1ccc(CNC(=O)c2cccnc2Oc2ccc3c(c2)OCO3)c(F)c1. The average Bonchev–Trinajstić information content (AvgIpc) is 3.21. The Morgan fingerprint density at radius 3 is 2.74 bits per heavy atom. The number of hydrogen-bond acceptors (Lipinski definition) is 6. The number of nitrogens with one attached hydrogen (secondary N) is 1. The highest BCUT2D eigenvalue weighted by Crippen LogP contribution is 2.36. The average molecular weight is 424 g/mol. The number of hydrogen-bond donors (Lipinski definition) is 1. The Morgan fingerprint density at radius 2 is 1.94 bits per heavy atom. The van der Waals surface area contributed by atoms with Crippen LogP contribution in [0.25, 0.3) is 0 Å². The molecule has 0 unspecified atom stereocenters. The van der Waals surface area contributed by atoms with E-state index in [0.29, 0.717) is 28.6 Å². The largest absolute Gasteiger partial charge is 0.491 e. The second-order valence-corrected chi connectivity index (χ2v) is 7.08. The maximum absolute atomic E-state index is 14.3. The summed E-state index contributed by atoms with van der Waals surface area (Å²) >= 11 is 0. The fraction of sp³-hybridized carbons (Fsp3) is 0.217. The molecule has 0 radical (unpaired) electrons. The van der Waals surface area contributed by atoms with Gasteiger partial charge in [0.15, 0.2) is 11.5 Å². The fourth-order valence-electron chi connectivity index (χ4n) is 2.98. The van der Waals surface area contributed by atoms with Crippen molar-refractivity contribution in [2.24, 2.45) is 0 Å². The summed E-state index contributed by atoms with van der Waals surface area (Å²) in [5.74, 6) is 1.29. The van der Waals surface area contributed by atoms with Gasteiger partial charge in [0.2, 0.25) is 12.7 Å². The topological polar surface area (TPSA) is 78.9 Å².